The van der Waals surface area contributed by atoms with E-state index in [2.05, 4.69) is 11.3 Å². The zero-order valence-corrected chi connectivity index (χ0v) is 6.83. The molecular weight excluding hydrogens is 140 g/mol. The van der Waals surface area contributed by atoms with Crippen molar-refractivity contribution in [3.63, 3.8) is 0 Å². The van der Waals surface area contributed by atoms with Gasteiger partial charge in [0.05, 0.1) is 12.7 Å². The molecular formula is C9H12O2. The van der Waals surface area contributed by atoms with Crippen LogP contribution in [0.25, 0.3) is 0 Å². The summed E-state index contributed by atoms with van der Waals surface area (Å²) in [6, 6.07) is 0. The fraction of sp³-hybridized carbons (Fsp3) is 0.222. The summed E-state index contributed by atoms with van der Waals surface area (Å²) in [7, 11) is 1.35. The Morgan fingerprint density at radius 1 is 1.55 bits per heavy atom. The number of allylic oxidation sites excluding steroid dienone is 3. The number of esters is 1. The Kier molecular flexibility index (Phi) is 4.82. The van der Waals surface area contributed by atoms with Crippen molar-refractivity contribution in [1.82, 2.24) is 0 Å². The summed E-state index contributed by atoms with van der Waals surface area (Å²) in [6.07, 6.45) is 6.63. The lowest BCUT2D eigenvalue weighted by Crippen LogP contribution is -2.01. The van der Waals surface area contributed by atoms with Gasteiger partial charge in [0.1, 0.15) is 0 Å². The molecule has 0 bridgehead atoms. The van der Waals surface area contributed by atoms with Crippen LogP contribution in [0.2, 0.25) is 0 Å². The lowest BCUT2D eigenvalue weighted by Gasteiger charge is -1.96. The number of methoxy groups -OCH3 is 1. The van der Waals surface area contributed by atoms with E-state index in [-0.39, 0.29) is 5.97 Å². The van der Waals surface area contributed by atoms with Crippen LogP contribution in [0.4, 0.5) is 0 Å². The Hall–Kier alpha value is -1.31. The van der Waals surface area contributed by atoms with Crippen LogP contribution in [0.15, 0.2) is 36.5 Å². The number of carbonyl (C=O) groups is 1. The Bertz CT molecular complexity index is 200. The largest absolute Gasteiger partial charge is 0.465 e. The van der Waals surface area contributed by atoms with Gasteiger partial charge in [-0.05, 0) is 13.0 Å². The number of rotatable bonds is 3. The molecule has 0 N–H and O–H groups in total. The molecule has 0 aliphatic carbocycles. The summed E-state index contributed by atoms with van der Waals surface area (Å²) in [5, 5.41) is 0. The Labute approximate surface area is 66.9 Å². The SMILES string of the molecule is C=CC=CC(=CC)C(=O)OC. The molecule has 0 spiro atoms. The lowest BCUT2D eigenvalue weighted by atomic mass is 10.2. The second kappa shape index (κ2) is 5.47. The van der Waals surface area contributed by atoms with Gasteiger partial charge in [-0.2, -0.15) is 0 Å². The van der Waals surface area contributed by atoms with E-state index in [0.717, 1.165) is 0 Å². The molecule has 0 fully saturated rings. The summed E-state index contributed by atoms with van der Waals surface area (Å²) in [5.41, 5.74) is 0.535. The molecule has 11 heavy (non-hydrogen) atoms. The normalized spacial score (nSPS) is 11.6. The molecule has 0 aromatic rings. The highest BCUT2D eigenvalue weighted by atomic mass is 16.5. The molecule has 2 nitrogen and oxygen atoms in total. The van der Waals surface area contributed by atoms with E-state index in [4.69, 9.17) is 0 Å². The van der Waals surface area contributed by atoms with Crippen molar-refractivity contribution in [1.29, 1.82) is 0 Å². The third-order valence-electron chi connectivity index (χ3n) is 1.14. The second-order valence-electron chi connectivity index (χ2n) is 1.83. The summed E-state index contributed by atoms with van der Waals surface area (Å²) >= 11 is 0. The minimum atomic E-state index is -0.328. The van der Waals surface area contributed by atoms with Crippen LogP contribution in [-0.4, -0.2) is 13.1 Å². The highest BCUT2D eigenvalue weighted by Gasteiger charge is 2.01. The van der Waals surface area contributed by atoms with E-state index in [9.17, 15) is 4.79 Å². The molecule has 0 radical (unpaired) electrons. The molecule has 0 aliphatic heterocycles. The highest BCUT2D eigenvalue weighted by Crippen LogP contribution is 1.98. The average Bonchev–Trinajstić information content (AvgIpc) is 2.05. The Morgan fingerprint density at radius 3 is 2.55 bits per heavy atom. The standard InChI is InChI=1S/C9H12O2/c1-4-6-7-8(5-2)9(10)11-3/h4-7H,1H2,2-3H3. The van der Waals surface area contributed by atoms with Gasteiger partial charge in [-0.1, -0.05) is 24.8 Å². The number of carbonyl (C=O) groups excluding carboxylic acids is 1. The quantitative estimate of drug-likeness (QED) is 0.350. The van der Waals surface area contributed by atoms with Crippen LogP contribution in [0.3, 0.4) is 0 Å². The predicted octanol–water partition coefficient (Wildman–Crippen LogP) is 1.85. The van der Waals surface area contributed by atoms with Crippen molar-refractivity contribution >= 4 is 5.97 Å². The molecule has 0 aromatic heterocycles. The maximum atomic E-state index is 10.9. The predicted molar refractivity (Wildman–Crippen MR) is 45.1 cm³/mol. The van der Waals surface area contributed by atoms with Crippen LogP contribution in [0.5, 0.6) is 0 Å². The maximum Gasteiger partial charge on any atom is 0.337 e. The van der Waals surface area contributed by atoms with E-state index in [1.165, 1.54) is 7.11 Å². The van der Waals surface area contributed by atoms with E-state index >= 15 is 0 Å². The van der Waals surface area contributed by atoms with Gasteiger partial charge in [-0.3, -0.25) is 0 Å². The molecule has 0 saturated heterocycles. The molecule has 2 heteroatoms. The Balaban J connectivity index is 4.31. The van der Waals surface area contributed by atoms with Crippen LogP contribution >= 0.6 is 0 Å². The summed E-state index contributed by atoms with van der Waals surface area (Å²) < 4.78 is 4.51. The lowest BCUT2D eigenvalue weighted by molar-refractivity contribution is -0.135. The van der Waals surface area contributed by atoms with Crippen molar-refractivity contribution < 1.29 is 9.53 Å². The van der Waals surface area contributed by atoms with Crippen molar-refractivity contribution in [2.75, 3.05) is 7.11 Å². The first-order valence-electron chi connectivity index (χ1n) is 3.30. The number of ether oxygens (including phenoxy) is 1. The molecule has 0 rings (SSSR count). The molecule has 0 heterocycles. The minimum absolute atomic E-state index is 0.328. The van der Waals surface area contributed by atoms with Gasteiger partial charge in [0.2, 0.25) is 0 Å². The fourth-order valence-corrected chi connectivity index (χ4v) is 0.572. The molecule has 0 aromatic carbocycles. The Morgan fingerprint density at radius 2 is 2.18 bits per heavy atom. The molecule has 0 saturated carbocycles. The van der Waals surface area contributed by atoms with Crippen LogP contribution in [0.1, 0.15) is 6.92 Å². The summed E-state index contributed by atoms with van der Waals surface area (Å²) in [6.45, 7) is 5.26. The van der Waals surface area contributed by atoms with Crippen molar-refractivity contribution in [2.24, 2.45) is 0 Å². The van der Waals surface area contributed by atoms with Gasteiger partial charge in [-0.15, -0.1) is 0 Å². The molecule has 0 unspecified atom stereocenters. The van der Waals surface area contributed by atoms with Crippen LogP contribution < -0.4 is 0 Å². The van der Waals surface area contributed by atoms with Gasteiger partial charge < -0.3 is 4.74 Å². The van der Waals surface area contributed by atoms with E-state index in [0.29, 0.717) is 5.57 Å². The minimum Gasteiger partial charge on any atom is -0.465 e. The first-order valence-corrected chi connectivity index (χ1v) is 3.30. The first-order chi connectivity index (χ1) is 5.26. The van der Waals surface area contributed by atoms with Gasteiger partial charge in [0.25, 0.3) is 0 Å². The second-order valence-corrected chi connectivity index (χ2v) is 1.83. The fourth-order valence-electron chi connectivity index (χ4n) is 0.572. The van der Waals surface area contributed by atoms with E-state index in [1.54, 1.807) is 31.2 Å². The average molecular weight is 152 g/mol. The van der Waals surface area contributed by atoms with Gasteiger partial charge in [0.15, 0.2) is 0 Å². The summed E-state index contributed by atoms with van der Waals surface area (Å²) in [4.78, 5) is 10.9. The van der Waals surface area contributed by atoms with E-state index in [1.807, 2.05) is 0 Å². The zero-order valence-electron chi connectivity index (χ0n) is 6.83. The van der Waals surface area contributed by atoms with Gasteiger partial charge in [0, 0.05) is 0 Å². The maximum absolute atomic E-state index is 10.9. The molecule has 0 aliphatic rings. The third kappa shape index (κ3) is 3.40. The van der Waals surface area contributed by atoms with E-state index < -0.39 is 0 Å². The van der Waals surface area contributed by atoms with Crippen LogP contribution in [0, 0.1) is 0 Å². The molecule has 0 amide bonds. The van der Waals surface area contributed by atoms with Crippen LogP contribution in [-0.2, 0) is 9.53 Å². The van der Waals surface area contributed by atoms with Crippen molar-refractivity contribution in [3.05, 3.63) is 36.5 Å². The zero-order chi connectivity index (χ0) is 8.69. The topological polar surface area (TPSA) is 26.3 Å². The van der Waals surface area contributed by atoms with Gasteiger partial charge >= 0.3 is 5.97 Å². The van der Waals surface area contributed by atoms with Gasteiger partial charge in [-0.25, -0.2) is 4.79 Å². The molecule has 0 atom stereocenters. The van der Waals surface area contributed by atoms with Crippen molar-refractivity contribution in [3.8, 4) is 0 Å². The highest BCUT2D eigenvalue weighted by molar-refractivity contribution is 5.91. The smallest absolute Gasteiger partial charge is 0.337 e. The monoisotopic (exact) mass is 152 g/mol. The first kappa shape index (κ1) is 9.69. The number of hydrogen-bond donors (Lipinski definition) is 0. The third-order valence-corrected chi connectivity index (χ3v) is 1.14. The molecule has 60 valence electrons. The summed E-state index contributed by atoms with van der Waals surface area (Å²) in [5.74, 6) is -0.328. The van der Waals surface area contributed by atoms with Crippen molar-refractivity contribution in [2.45, 2.75) is 6.92 Å². The number of hydrogen-bond acceptors (Lipinski definition) is 2.